The summed E-state index contributed by atoms with van der Waals surface area (Å²) < 4.78 is 38.3. The lowest BCUT2D eigenvalue weighted by Gasteiger charge is -2.20. The maximum atomic E-state index is 13.2. The van der Waals surface area contributed by atoms with Crippen molar-refractivity contribution < 1.29 is 27.3 Å². The number of amides is 2. The third-order valence-electron chi connectivity index (χ3n) is 6.10. The fourth-order valence-corrected chi connectivity index (χ4v) is 6.59. The zero-order valence-corrected chi connectivity index (χ0v) is 21.7. The van der Waals surface area contributed by atoms with Crippen LogP contribution in [0.15, 0.2) is 47.6 Å². The number of nitrogens with zero attached hydrogens (tertiary/aromatic N) is 4. The van der Waals surface area contributed by atoms with E-state index in [1.807, 2.05) is 24.3 Å². The molecule has 0 aliphatic carbocycles. The number of carbonyl (C=O) groups is 2. The summed E-state index contributed by atoms with van der Waals surface area (Å²) in [6.45, 7) is 1.50. The fourth-order valence-electron chi connectivity index (χ4n) is 4.33. The summed E-state index contributed by atoms with van der Waals surface area (Å²) in [5.74, 6) is -0.973. The van der Waals surface area contributed by atoms with Crippen LogP contribution in [0.25, 0.3) is 0 Å². The highest BCUT2D eigenvalue weighted by atomic mass is 35.5. The summed E-state index contributed by atoms with van der Waals surface area (Å²) in [6, 6.07) is 8.59. The average Bonchev–Trinajstić information content (AvgIpc) is 3.55. The van der Waals surface area contributed by atoms with Gasteiger partial charge in [0.05, 0.1) is 28.3 Å². The van der Waals surface area contributed by atoms with E-state index in [0.717, 1.165) is 28.7 Å². The van der Waals surface area contributed by atoms with E-state index >= 15 is 0 Å². The molecule has 2 aliphatic heterocycles. The zero-order chi connectivity index (χ0) is 26.5. The SMILES string of the molecule is CN(C(=O)c1sc(Cl)cc1S(=O)(=O)O)c1cncc2c1CN(Cc1cccc(N3CCOC3=N)c1)C2=O. The molecule has 2 N–H and O–H groups in total. The number of amidine groups is 1. The molecule has 2 amide bonds. The Morgan fingerprint density at radius 3 is 2.81 bits per heavy atom. The third-order valence-corrected chi connectivity index (χ3v) is 8.36. The second kappa shape index (κ2) is 9.41. The van der Waals surface area contributed by atoms with Gasteiger partial charge in [-0.3, -0.25) is 29.4 Å². The highest BCUT2D eigenvalue weighted by Gasteiger charge is 2.34. The lowest BCUT2D eigenvalue weighted by molar-refractivity contribution is 0.0766. The molecule has 2 aliphatic rings. The number of halogens is 1. The lowest BCUT2D eigenvalue weighted by Crippen LogP contribution is -2.28. The Kier molecular flexibility index (Phi) is 6.40. The monoisotopic (exact) mass is 561 g/mol. The summed E-state index contributed by atoms with van der Waals surface area (Å²) in [5, 5.41) is 7.91. The molecule has 1 fully saturated rings. The number of pyridine rings is 1. The van der Waals surface area contributed by atoms with Gasteiger partial charge >= 0.3 is 0 Å². The molecule has 0 radical (unpaired) electrons. The van der Waals surface area contributed by atoms with E-state index in [9.17, 15) is 22.6 Å². The molecule has 192 valence electrons. The van der Waals surface area contributed by atoms with Crippen molar-refractivity contribution in [3.8, 4) is 0 Å². The number of rotatable bonds is 6. The number of ether oxygens (including phenoxy) is 1. The van der Waals surface area contributed by atoms with Crippen LogP contribution in [-0.4, -0.2) is 60.9 Å². The van der Waals surface area contributed by atoms with Crippen LogP contribution in [0.1, 0.15) is 31.2 Å². The predicted octanol–water partition coefficient (Wildman–Crippen LogP) is 3.25. The van der Waals surface area contributed by atoms with E-state index in [-0.39, 0.29) is 34.2 Å². The molecule has 1 aromatic carbocycles. The van der Waals surface area contributed by atoms with Gasteiger partial charge in [-0.25, -0.2) is 0 Å². The normalized spacial score (nSPS) is 15.2. The van der Waals surface area contributed by atoms with Crippen molar-refractivity contribution in [3.05, 3.63) is 68.6 Å². The minimum Gasteiger partial charge on any atom is -0.463 e. The van der Waals surface area contributed by atoms with E-state index in [2.05, 4.69) is 4.98 Å². The highest BCUT2D eigenvalue weighted by Crippen LogP contribution is 2.35. The van der Waals surface area contributed by atoms with Crippen molar-refractivity contribution in [2.24, 2.45) is 0 Å². The van der Waals surface area contributed by atoms with Gasteiger partial charge in [-0.2, -0.15) is 8.42 Å². The Hall–Kier alpha value is -3.52. The predicted molar refractivity (Wildman–Crippen MR) is 137 cm³/mol. The molecule has 4 heterocycles. The summed E-state index contributed by atoms with van der Waals surface area (Å²) in [6.07, 6.45) is 2.86. The minimum atomic E-state index is -4.67. The molecule has 14 heteroatoms. The van der Waals surface area contributed by atoms with Crippen molar-refractivity contribution in [2.75, 3.05) is 30.0 Å². The quantitative estimate of drug-likeness (QED) is 0.436. The summed E-state index contributed by atoms with van der Waals surface area (Å²) in [4.78, 5) is 34.2. The molecule has 0 unspecified atom stereocenters. The molecular formula is C23H20ClN5O6S2. The molecule has 1 saturated heterocycles. The summed E-state index contributed by atoms with van der Waals surface area (Å²) in [7, 11) is -3.24. The number of thiophene rings is 1. The number of hydrogen-bond acceptors (Lipinski definition) is 8. The van der Waals surface area contributed by atoms with Gasteiger partial charge in [0.25, 0.3) is 28.0 Å². The number of hydrogen-bond donors (Lipinski definition) is 2. The number of benzene rings is 1. The van der Waals surface area contributed by atoms with Crippen LogP contribution in [0.4, 0.5) is 11.4 Å². The van der Waals surface area contributed by atoms with E-state index < -0.39 is 20.9 Å². The van der Waals surface area contributed by atoms with Gasteiger partial charge < -0.3 is 14.5 Å². The van der Waals surface area contributed by atoms with Crippen molar-refractivity contribution in [1.82, 2.24) is 9.88 Å². The molecule has 2 aromatic heterocycles. The topological polar surface area (TPSA) is 144 Å². The molecule has 0 bridgehead atoms. The Bertz CT molecular complexity index is 1560. The molecule has 0 atom stereocenters. The van der Waals surface area contributed by atoms with Crippen LogP contribution < -0.4 is 9.80 Å². The van der Waals surface area contributed by atoms with E-state index in [1.165, 1.54) is 24.3 Å². The smallest absolute Gasteiger partial charge is 0.296 e. The van der Waals surface area contributed by atoms with Gasteiger partial charge in [0, 0.05) is 37.6 Å². The van der Waals surface area contributed by atoms with Crippen molar-refractivity contribution >= 4 is 62.3 Å². The van der Waals surface area contributed by atoms with Crippen LogP contribution in [0.5, 0.6) is 0 Å². The number of carbonyl (C=O) groups excluding carboxylic acids is 2. The second-order valence-electron chi connectivity index (χ2n) is 8.40. The van der Waals surface area contributed by atoms with Crippen LogP contribution >= 0.6 is 22.9 Å². The van der Waals surface area contributed by atoms with Crippen molar-refractivity contribution in [1.29, 1.82) is 5.41 Å². The van der Waals surface area contributed by atoms with Gasteiger partial charge in [-0.1, -0.05) is 23.7 Å². The van der Waals surface area contributed by atoms with Crippen molar-refractivity contribution in [2.45, 2.75) is 18.0 Å². The largest absolute Gasteiger partial charge is 0.463 e. The van der Waals surface area contributed by atoms with Gasteiger partial charge in [-0.05, 0) is 23.8 Å². The molecule has 5 rings (SSSR count). The van der Waals surface area contributed by atoms with Crippen LogP contribution in [0.2, 0.25) is 4.34 Å². The van der Waals surface area contributed by atoms with E-state index in [1.54, 1.807) is 9.80 Å². The first kappa shape index (κ1) is 25.1. The summed E-state index contributed by atoms with van der Waals surface area (Å²) >= 11 is 6.65. The maximum Gasteiger partial charge on any atom is 0.296 e. The molecule has 37 heavy (non-hydrogen) atoms. The van der Waals surface area contributed by atoms with Gasteiger partial charge in [0.2, 0.25) is 0 Å². The average molecular weight is 562 g/mol. The van der Waals surface area contributed by atoms with Crippen molar-refractivity contribution in [3.63, 3.8) is 0 Å². The molecule has 3 aromatic rings. The number of aromatic nitrogens is 1. The molecule has 0 spiro atoms. The van der Waals surface area contributed by atoms with Crippen LogP contribution in [0.3, 0.4) is 0 Å². The Morgan fingerprint density at radius 2 is 2.11 bits per heavy atom. The Morgan fingerprint density at radius 1 is 1.32 bits per heavy atom. The summed E-state index contributed by atoms with van der Waals surface area (Å²) in [5.41, 5.74) is 2.88. The van der Waals surface area contributed by atoms with Gasteiger partial charge in [0.1, 0.15) is 16.4 Å². The standard InChI is InChI=1S/C23H20ClN5O6S2/c1-27(22(31)20-18(37(32,33)34)8-19(24)36-20)17-10-26-9-15-16(17)12-28(21(15)30)11-13-3-2-4-14(7-13)29-5-6-35-23(29)25/h2-4,7-10,25H,5-6,11-12H2,1H3,(H,32,33,34). The van der Waals surface area contributed by atoms with E-state index in [4.69, 9.17) is 21.7 Å². The maximum absolute atomic E-state index is 13.2. The van der Waals surface area contributed by atoms with Crippen LogP contribution in [-0.2, 0) is 27.9 Å². The molecule has 0 saturated carbocycles. The number of nitrogens with one attached hydrogen (secondary N) is 1. The first-order valence-electron chi connectivity index (χ1n) is 10.9. The van der Waals surface area contributed by atoms with Gasteiger partial charge in [-0.15, -0.1) is 11.3 Å². The first-order chi connectivity index (χ1) is 17.5. The second-order valence-corrected chi connectivity index (χ2v) is 11.5. The molecule has 11 nitrogen and oxygen atoms in total. The number of anilines is 2. The highest BCUT2D eigenvalue weighted by molar-refractivity contribution is 7.86. The zero-order valence-electron chi connectivity index (χ0n) is 19.3. The molecular weight excluding hydrogens is 542 g/mol. The Labute approximate surface area is 221 Å². The number of fused-ring (bicyclic) bond motifs is 1. The fraction of sp³-hybridized carbons (Fsp3) is 0.217. The first-order valence-corrected chi connectivity index (χ1v) is 13.6. The van der Waals surface area contributed by atoms with E-state index in [0.29, 0.717) is 30.0 Å². The van der Waals surface area contributed by atoms with Crippen LogP contribution in [0, 0.1) is 5.41 Å². The lowest BCUT2D eigenvalue weighted by atomic mass is 10.1. The van der Waals surface area contributed by atoms with Gasteiger partial charge in [0.15, 0.2) is 0 Å². The third kappa shape index (κ3) is 4.66. The Balaban J connectivity index is 1.40. The minimum absolute atomic E-state index is 0.0278.